The maximum atomic E-state index is 6.39. The second kappa shape index (κ2) is 17.9. The van der Waals surface area contributed by atoms with Crippen LogP contribution in [0.25, 0.3) is 49.9 Å². The highest BCUT2D eigenvalue weighted by Crippen LogP contribution is 2.44. The molecule has 0 aliphatic carbocycles. The highest BCUT2D eigenvalue weighted by molar-refractivity contribution is 8.03. The fourth-order valence-corrected chi connectivity index (χ4v) is 9.45. The highest BCUT2D eigenvalue weighted by atomic mass is 32.2. The van der Waals surface area contributed by atoms with Crippen molar-refractivity contribution in [1.29, 1.82) is 0 Å². The van der Waals surface area contributed by atoms with Gasteiger partial charge in [0.2, 0.25) is 16.7 Å². The third-order valence-electron chi connectivity index (χ3n) is 11.4. The summed E-state index contributed by atoms with van der Waals surface area (Å²) in [7, 11) is 6.65. The molecule has 7 nitrogen and oxygen atoms in total. The molecule has 0 bridgehead atoms. The Bertz CT molecular complexity index is 2620. The van der Waals surface area contributed by atoms with E-state index in [-0.39, 0.29) is 0 Å². The number of hydrogen-bond acceptors (Lipinski definition) is 6. The Kier molecular flexibility index (Phi) is 12.1. The van der Waals surface area contributed by atoms with Crippen molar-refractivity contribution in [1.82, 2.24) is 9.80 Å². The molecule has 0 amide bonds. The molecule has 8 rings (SSSR count). The number of benzene rings is 5. The van der Waals surface area contributed by atoms with Crippen molar-refractivity contribution in [2.24, 2.45) is 0 Å². The number of anilines is 3. The molecule has 58 heavy (non-hydrogen) atoms. The SMILES string of the molecule is CN(CCCN(C)CCC[n+]1c(-c2ccccc2)c2cc(N)ccc2c2ccc(N)cc21)CCC[n+]1ccc(/C=C/C=C2\Sc3ccccc3N2C)c2ccccc21. The fraction of sp³-hybridized carbons (Fsp3) is 0.240. The number of aromatic nitrogens is 2. The van der Waals surface area contributed by atoms with Gasteiger partial charge >= 0.3 is 0 Å². The lowest BCUT2D eigenvalue weighted by Crippen LogP contribution is -2.39. The van der Waals surface area contributed by atoms with Gasteiger partial charge in [-0.3, -0.25) is 0 Å². The quantitative estimate of drug-likeness (QED) is 0.0614. The van der Waals surface area contributed by atoms with Crippen molar-refractivity contribution in [3.63, 3.8) is 0 Å². The largest absolute Gasteiger partial charge is 0.399 e. The van der Waals surface area contributed by atoms with E-state index in [4.69, 9.17) is 11.5 Å². The van der Waals surface area contributed by atoms with Crippen LogP contribution in [0.1, 0.15) is 24.8 Å². The molecule has 2 aromatic heterocycles. The predicted octanol–water partition coefficient (Wildman–Crippen LogP) is 9.38. The van der Waals surface area contributed by atoms with Crippen molar-refractivity contribution in [3.8, 4) is 11.3 Å². The third kappa shape index (κ3) is 8.60. The Morgan fingerprint density at radius 3 is 2.10 bits per heavy atom. The number of hydrogen-bond donors (Lipinski definition) is 2. The summed E-state index contributed by atoms with van der Waals surface area (Å²) in [6, 6.07) is 42.8. The summed E-state index contributed by atoms with van der Waals surface area (Å²) in [6.07, 6.45) is 12.2. The van der Waals surface area contributed by atoms with Crippen molar-refractivity contribution >= 4 is 67.5 Å². The number of thioether (sulfide) groups is 1. The smallest absolute Gasteiger partial charge is 0.220 e. The summed E-state index contributed by atoms with van der Waals surface area (Å²) < 4.78 is 4.87. The van der Waals surface area contributed by atoms with Gasteiger partial charge in [-0.05, 0) is 99.8 Å². The van der Waals surface area contributed by atoms with E-state index in [2.05, 4.69) is 179 Å². The van der Waals surface area contributed by atoms with Crippen LogP contribution in [-0.2, 0) is 13.1 Å². The van der Waals surface area contributed by atoms with Crippen molar-refractivity contribution in [3.05, 3.63) is 150 Å². The second-order valence-electron chi connectivity index (χ2n) is 15.6. The first-order chi connectivity index (χ1) is 28.3. The Hall–Kier alpha value is -5.67. The molecular formula is C50H55N7S+2. The van der Waals surface area contributed by atoms with Gasteiger partial charge in [0.1, 0.15) is 6.54 Å². The van der Waals surface area contributed by atoms with Gasteiger partial charge in [0.25, 0.3) is 0 Å². The van der Waals surface area contributed by atoms with Crippen LogP contribution in [-0.4, -0.2) is 57.1 Å². The molecule has 0 unspecified atom stereocenters. The summed E-state index contributed by atoms with van der Waals surface area (Å²) in [5, 5.41) is 6.08. The molecule has 3 heterocycles. The number of pyridine rings is 2. The third-order valence-corrected chi connectivity index (χ3v) is 12.6. The number of allylic oxidation sites excluding steroid dienone is 2. The average molecular weight is 786 g/mol. The maximum Gasteiger partial charge on any atom is 0.220 e. The minimum absolute atomic E-state index is 0.772. The molecule has 1 aliphatic rings. The Morgan fingerprint density at radius 1 is 0.638 bits per heavy atom. The molecule has 7 aromatic rings. The number of fused-ring (bicyclic) bond motifs is 5. The second-order valence-corrected chi connectivity index (χ2v) is 16.7. The van der Waals surface area contributed by atoms with Crippen LogP contribution in [0.5, 0.6) is 0 Å². The first kappa shape index (κ1) is 39.2. The van der Waals surface area contributed by atoms with E-state index in [1.54, 1.807) is 0 Å². The summed E-state index contributed by atoms with van der Waals surface area (Å²) >= 11 is 1.82. The lowest BCUT2D eigenvalue weighted by atomic mass is 9.98. The molecular weight excluding hydrogens is 731 g/mol. The Morgan fingerprint density at radius 2 is 1.31 bits per heavy atom. The first-order valence-electron chi connectivity index (χ1n) is 20.5. The van der Waals surface area contributed by atoms with Crippen molar-refractivity contribution in [2.45, 2.75) is 37.2 Å². The standard InChI is InChI=1S/C50H54N7S/c1-53(30-13-32-56-34-27-37(41-18-7-8-19-45(41)56)17-11-22-49-55(3)46-20-9-10-21-48(46)58-49)28-12-29-54(2)31-14-33-57-47-36-40(52)24-26-43(47)42-25-23-39(51)35-44(42)50(57)38-15-5-4-6-16-38/h4-11,15-27,34-36,52H,12-14,28-33,51H2,1-3H3/q+1/p+1. The van der Waals surface area contributed by atoms with E-state index >= 15 is 0 Å². The zero-order valence-electron chi connectivity index (χ0n) is 34.0. The van der Waals surface area contributed by atoms with Crippen LogP contribution in [0.15, 0.2) is 150 Å². The molecule has 8 heteroatoms. The van der Waals surface area contributed by atoms with Gasteiger partial charge in [0, 0.05) is 78.4 Å². The summed E-state index contributed by atoms with van der Waals surface area (Å²) in [5.41, 5.74) is 21.6. The van der Waals surface area contributed by atoms with E-state index in [9.17, 15) is 0 Å². The molecule has 0 radical (unpaired) electrons. The molecule has 0 saturated heterocycles. The lowest BCUT2D eigenvalue weighted by molar-refractivity contribution is -0.671. The van der Waals surface area contributed by atoms with Gasteiger partial charge in [-0.25, -0.2) is 0 Å². The van der Waals surface area contributed by atoms with E-state index in [0.717, 1.165) is 75.4 Å². The lowest BCUT2D eigenvalue weighted by Gasteiger charge is -2.20. The van der Waals surface area contributed by atoms with Crippen LogP contribution in [0.2, 0.25) is 0 Å². The normalized spacial score (nSPS) is 13.7. The summed E-state index contributed by atoms with van der Waals surface area (Å²) in [5.74, 6) is 0. The molecule has 5 aromatic carbocycles. The number of para-hydroxylation sites is 2. The minimum Gasteiger partial charge on any atom is -0.399 e. The number of aryl methyl sites for hydroxylation is 2. The van der Waals surface area contributed by atoms with Crippen molar-refractivity contribution in [2.75, 3.05) is 63.7 Å². The predicted molar refractivity (Wildman–Crippen MR) is 247 cm³/mol. The first-order valence-corrected chi connectivity index (χ1v) is 21.3. The minimum atomic E-state index is 0.772. The maximum absolute atomic E-state index is 6.39. The highest BCUT2D eigenvalue weighted by Gasteiger charge is 2.24. The van der Waals surface area contributed by atoms with E-state index in [0.29, 0.717) is 0 Å². The van der Waals surface area contributed by atoms with Gasteiger partial charge in [-0.2, -0.15) is 9.13 Å². The Balaban J connectivity index is 0.840. The number of rotatable bonds is 15. The molecule has 4 N–H and O–H groups in total. The van der Waals surface area contributed by atoms with E-state index in [1.165, 1.54) is 59.5 Å². The molecule has 0 spiro atoms. The molecule has 0 saturated carbocycles. The van der Waals surface area contributed by atoms with Crippen LogP contribution in [0.3, 0.4) is 0 Å². The fourth-order valence-electron chi connectivity index (χ4n) is 8.39. The van der Waals surface area contributed by atoms with Crippen LogP contribution < -0.4 is 25.5 Å². The molecule has 294 valence electrons. The monoisotopic (exact) mass is 785 g/mol. The molecule has 0 atom stereocenters. The number of nitrogens with zero attached hydrogens (tertiary/aromatic N) is 5. The summed E-state index contributed by atoms with van der Waals surface area (Å²) in [4.78, 5) is 8.53. The van der Waals surface area contributed by atoms with Crippen LogP contribution >= 0.6 is 11.8 Å². The molecule has 1 aliphatic heterocycles. The van der Waals surface area contributed by atoms with Crippen molar-refractivity contribution < 1.29 is 9.13 Å². The van der Waals surface area contributed by atoms with Crippen LogP contribution in [0.4, 0.5) is 17.1 Å². The summed E-state index contributed by atoms with van der Waals surface area (Å²) in [6.45, 7) is 6.09. The van der Waals surface area contributed by atoms with Gasteiger partial charge in [-0.15, -0.1) is 0 Å². The topological polar surface area (TPSA) is 69.5 Å². The molecule has 0 fully saturated rings. The van der Waals surface area contributed by atoms with Gasteiger partial charge in [-0.1, -0.05) is 72.4 Å². The van der Waals surface area contributed by atoms with E-state index in [1.807, 2.05) is 23.9 Å². The van der Waals surface area contributed by atoms with Gasteiger partial charge in [0.15, 0.2) is 12.7 Å². The Labute approximate surface area is 347 Å². The van der Waals surface area contributed by atoms with Gasteiger partial charge in [0.05, 0.1) is 26.9 Å². The number of nitrogens with two attached hydrogens (primary N) is 2. The van der Waals surface area contributed by atoms with E-state index < -0.39 is 0 Å². The van der Waals surface area contributed by atoms with Crippen LogP contribution in [0, 0.1) is 0 Å². The average Bonchev–Trinajstić information content (AvgIpc) is 3.56. The zero-order valence-corrected chi connectivity index (χ0v) is 34.8. The zero-order chi connectivity index (χ0) is 40.0. The van der Waals surface area contributed by atoms with Gasteiger partial charge < -0.3 is 26.2 Å². The number of nitrogen functional groups attached to an aromatic ring is 2.